The summed E-state index contributed by atoms with van der Waals surface area (Å²) >= 11 is 6.53. The van der Waals surface area contributed by atoms with Crippen molar-refractivity contribution in [1.29, 1.82) is 0 Å². The zero-order valence-corrected chi connectivity index (χ0v) is 20.9. The van der Waals surface area contributed by atoms with E-state index in [9.17, 15) is 13.6 Å². The van der Waals surface area contributed by atoms with Gasteiger partial charge in [0.1, 0.15) is 17.2 Å². The van der Waals surface area contributed by atoms with Gasteiger partial charge in [-0.3, -0.25) is 4.90 Å². The zero-order valence-electron chi connectivity index (χ0n) is 17.7. The molecule has 1 aliphatic rings. The number of hydrogen-bond acceptors (Lipinski definition) is 2. The van der Waals surface area contributed by atoms with Crippen molar-refractivity contribution in [2.45, 2.75) is 58.6 Å². The summed E-state index contributed by atoms with van der Waals surface area (Å²) in [6.45, 7) is 9.43. The molecular formula is C23H25Br2F2NO2. The molecular weight excluding hydrogens is 520 g/mol. The van der Waals surface area contributed by atoms with Gasteiger partial charge in [-0.05, 0) is 114 Å². The zero-order chi connectivity index (χ0) is 22.4. The van der Waals surface area contributed by atoms with Gasteiger partial charge in [0.15, 0.2) is 0 Å². The van der Waals surface area contributed by atoms with Crippen molar-refractivity contribution in [1.82, 2.24) is 4.90 Å². The van der Waals surface area contributed by atoms with Gasteiger partial charge in [0.05, 0.1) is 14.5 Å². The highest BCUT2D eigenvalue weighted by Crippen LogP contribution is 2.47. The number of nitrogens with zero attached hydrogens (tertiary/aromatic N) is 1. The van der Waals surface area contributed by atoms with Gasteiger partial charge in [-0.1, -0.05) is 12.1 Å². The minimum Gasteiger partial charge on any atom is -0.444 e. The van der Waals surface area contributed by atoms with Crippen LogP contribution in [0.1, 0.15) is 55.9 Å². The highest BCUT2D eigenvalue weighted by atomic mass is 79.9. The van der Waals surface area contributed by atoms with E-state index in [1.165, 1.54) is 12.1 Å². The summed E-state index contributed by atoms with van der Waals surface area (Å²) in [5, 5.41) is 0. The van der Waals surface area contributed by atoms with Gasteiger partial charge < -0.3 is 4.74 Å². The lowest BCUT2D eigenvalue weighted by Crippen LogP contribution is -2.48. The second kappa shape index (κ2) is 8.23. The molecule has 162 valence electrons. The predicted molar refractivity (Wildman–Crippen MR) is 121 cm³/mol. The SMILES string of the molecule is Cc1cc(C2(c3cc(C)c(Br)c(F)c3)CCCN2C(=O)OC(C)(C)C)cc(F)c1Br. The number of amides is 1. The van der Waals surface area contributed by atoms with E-state index in [-0.39, 0.29) is 0 Å². The van der Waals surface area contributed by atoms with Crippen LogP contribution in [0, 0.1) is 25.5 Å². The van der Waals surface area contributed by atoms with Crippen LogP contribution in [0.3, 0.4) is 0 Å². The topological polar surface area (TPSA) is 29.5 Å². The van der Waals surface area contributed by atoms with Gasteiger partial charge >= 0.3 is 6.09 Å². The lowest BCUT2D eigenvalue weighted by molar-refractivity contribution is 0.0129. The fraction of sp³-hybridized carbons (Fsp3) is 0.435. The summed E-state index contributed by atoms with van der Waals surface area (Å²) < 4.78 is 35.9. The van der Waals surface area contributed by atoms with Crippen molar-refractivity contribution >= 4 is 38.0 Å². The van der Waals surface area contributed by atoms with Crippen LogP contribution in [0.5, 0.6) is 0 Å². The molecule has 3 nitrogen and oxygen atoms in total. The van der Waals surface area contributed by atoms with E-state index >= 15 is 0 Å². The third-order valence-electron chi connectivity index (χ3n) is 5.37. The van der Waals surface area contributed by atoms with Crippen LogP contribution in [0.25, 0.3) is 0 Å². The number of ether oxygens (including phenoxy) is 1. The van der Waals surface area contributed by atoms with Gasteiger partial charge in [0.25, 0.3) is 0 Å². The number of halogens is 4. The third-order valence-corrected chi connectivity index (χ3v) is 7.38. The van der Waals surface area contributed by atoms with E-state index < -0.39 is 28.9 Å². The van der Waals surface area contributed by atoms with Gasteiger partial charge in [-0.25, -0.2) is 13.6 Å². The first-order valence-corrected chi connectivity index (χ1v) is 11.4. The van der Waals surface area contributed by atoms with E-state index in [1.54, 1.807) is 39.5 Å². The second-order valence-corrected chi connectivity index (χ2v) is 10.4. The quantitative estimate of drug-likeness (QED) is 0.394. The van der Waals surface area contributed by atoms with Crippen LogP contribution < -0.4 is 0 Å². The van der Waals surface area contributed by atoms with E-state index in [4.69, 9.17) is 4.74 Å². The first kappa shape index (κ1) is 23.2. The summed E-state index contributed by atoms with van der Waals surface area (Å²) in [5.74, 6) is -0.843. The van der Waals surface area contributed by atoms with Gasteiger partial charge in [0.2, 0.25) is 0 Å². The summed E-state index contributed by atoms with van der Waals surface area (Å²) in [7, 11) is 0. The Bertz CT molecular complexity index is 898. The maximum atomic E-state index is 14.7. The number of benzene rings is 2. The summed E-state index contributed by atoms with van der Waals surface area (Å²) in [5.41, 5.74) is 0.897. The van der Waals surface area contributed by atoms with Gasteiger partial charge in [-0.2, -0.15) is 0 Å². The van der Waals surface area contributed by atoms with E-state index in [2.05, 4.69) is 31.9 Å². The second-order valence-electron chi connectivity index (χ2n) is 8.77. The van der Waals surface area contributed by atoms with Crippen LogP contribution in [-0.4, -0.2) is 23.1 Å². The minimum atomic E-state index is -1.03. The van der Waals surface area contributed by atoms with Gasteiger partial charge in [-0.15, -0.1) is 0 Å². The molecule has 0 atom stereocenters. The maximum absolute atomic E-state index is 14.7. The fourth-order valence-corrected chi connectivity index (χ4v) is 4.54. The minimum absolute atomic E-state index is 0.376. The van der Waals surface area contributed by atoms with Crippen molar-refractivity contribution in [2.24, 2.45) is 0 Å². The molecule has 0 aliphatic carbocycles. The normalized spacial score (nSPS) is 16.1. The van der Waals surface area contributed by atoms with Crippen LogP contribution in [-0.2, 0) is 10.3 Å². The molecule has 2 aromatic rings. The molecule has 0 unspecified atom stereocenters. The number of carbonyl (C=O) groups excluding carboxylic acids is 1. The highest BCUT2D eigenvalue weighted by molar-refractivity contribution is 9.10. The smallest absolute Gasteiger partial charge is 0.411 e. The lowest BCUT2D eigenvalue weighted by Gasteiger charge is -2.40. The molecule has 0 spiro atoms. The number of aryl methyl sites for hydroxylation is 2. The Morgan fingerprint density at radius 3 is 1.87 bits per heavy atom. The van der Waals surface area contributed by atoms with E-state index in [0.717, 1.165) is 0 Å². The molecule has 3 rings (SSSR count). The summed E-state index contributed by atoms with van der Waals surface area (Å²) in [6, 6.07) is 6.56. The molecule has 0 radical (unpaired) electrons. The Kier molecular flexibility index (Phi) is 6.36. The Hall–Kier alpha value is -1.47. The Labute approximate surface area is 193 Å². The molecule has 0 aromatic heterocycles. The Morgan fingerprint density at radius 1 is 1.00 bits per heavy atom. The molecule has 0 N–H and O–H groups in total. The monoisotopic (exact) mass is 543 g/mol. The molecule has 1 fully saturated rings. The molecule has 0 saturated carbocycles. The molecule has 1 amide bonds. The number of rotatable bonds is 2. The largest absolute Gasteiger partial charge is 0.444 e. The van der Waals surface area contributed by atoms with Crippen LogP contribution in [0.4, 0.5) is 13.6 Å². The Balaban J connectivity index is 2.28. The number of hydrogen-bond donors (Lipinski definition) is 0. The third kappa shape index (κ3) is 4.15. The van der Waals surface area contributed by atoms with E-state index in [1.807, 2.05) is 12.1 Å². The molecule has 7 heteroatoms. The molecule has 0 bridgehead atoms. The average Bonchev–Trinajstić information content (AvgIpc) is 3.08. The van der Waals surface area contributed by atoms with Crippen molar-refractivity contribution in [2.75, 3.05) is 6.54 Å². The van der Waals surface area contributed by atoms with Crippen LogP contribution >= 0.6 is 31.9 Å². The summed E-state index contributed by atoms with van der Waals surface area (Å²) in [4.78, 5) is 14.8. The molecule has 1 aliphatic heterocycles. The molecule has 1 heterocycles. The van der Waals surface area contributed by atoms with E-state index in [0.29, 0.717) is 50.6 Å². The first-order valence-electron chi connectivity index (χ1n) is 9.79. The average molecular weight is 545 g/mol. The highest BCUT2D eigenvalue weighted by Gasteiger charge is 2.48. The first-order chi connectivity index (χ1) is 13.9. The van der Waals surface area contributed by atoms with Crippen molar-refractivity contribution in [3.8, 4) is 0 Å². The standard InChI is InChI=1S/C23H25Br2F2NO2/c1-13-9-15(11-17(26)19(13)24)23(16-10-14(2)20(25)18(27)12-16)7-6-8-28(23)21(29)30-22(3,4)5/h9-12H,6-8H2,1-5H3. The van der Waals surface area contributed by atoms with Crippen LogP contribution in [0.15, 0.2) is 33.2 Å². The number of likely N-dealkylation sites (tertiary alicyclic amines) is 1. The number of carbonyl (C=O) groups is 1. The summed E-state index contributed by atoms with van der Waals surface area (Å²) in [6.07, 6.45) is 0.724. The van der Waals surface area contributed by atoms with Crippen molar-refractivity contribution < 1.29 is 18.3 Å². The van der Waals surface area contributed by atoms with Crippen molar-refractivity contribution in [3.05, 3.63) is 67.1 Å². The molecule has 1 saturated heterocycles. The van der Waals surface area contributed by atoms with Crippen LogP contribution in [0.2, 0.25) is 0 Å². The lowest BCUT2D eigenvalue weighted by atomic mass is 9.79. The van der Waals surface area contributed by atoms with Crippen molar-refractivity contribution in [3.63, 3.8) is 0 Å². The fourth-order valence-electron chi connectivity index (χ4n) is 4.08. The predicted octanol–water partition coefficient (Wildman–Crippen LogP) is 7.38. The molecule has 2 aromatic carbocycles. The molecule has 30 heavy (non-hydrogen) atoms. The Morgan fingerprint density at radius 2 is 1.47 bits per heavy atom. The maximum Gasteiger partial charge on any atom is 0.411 e. The van der Waals surface area contributed by atoms with Gasteiger partial charge in [0, 0.05) is 6.54 Å².